The largest absolute Gasteiger partial charge is 0.369 e. The SMILES string of the molecule is CCn1cc(C(=O)NCc2ccccc2Cl)c(S(=O)(=O)N2CCN(c3cccc(C)c3C)CC2)n1. The quantitative estimate of drug-likeness (QED) is 0.519. The minimum atomic E-state index is -3.95. The third-order valence-electron chi connectivity index (χ3n) is 6.43. The van der Waals surface area contributed by atoms with Gasteiger partial charge < -0.3 is 10.2 Å². The average Bonchev–Trinajstić information content (AvgIpc) is 3.31. The summed E-state index contributed by atoms with van der Waals surface area (Å²) in [6, 6.07) is 13.3. The molecule has 186 valence electrons. The van der Waals surface area contributed by atoms with E-state index in [9.17, 15) is 13.2 Å². The Bertz CT molecular complexity index is 1330. The summed E-state index contributed by atoms with van der Waals surface area (Å²) in [4.78, 5) is 15.2. The third-order valence-corrected chi connectivity index (χ3v) is 8.64. The van der Waals surface area contributed by atoms with Crippen molar-refractivity contribution < 1.29 is 13.2 Å². The van der Waals surface area contributed by atoms with E-state index in [0.29, 0.717) is 37.7 Å². The molecule has 0 atom stereocenters. The highest BCUT2D eigenvalue weighted by atomic mass is 35.5. The zero-order valence-corrected chi connectivity index (χ0v) is 21.7. The van der Waals surface area contributed by atoms with E-state index in [4.69, 9.17) is 11.6 Å². The molecule has 0 unspecified atom stereocenters. The highest BCUT2D eigenvalue weighted by Gasteiger charge is 2.35. The Labute approximate surface area is 211 Å². The number of rotatable bonds is 7. The monoisotopic (exact) mass is 515 g/mol. The maximum atomic E-state index is 13.6. The van der Waals surface area contributed by atoms with Crippen LogP contribution in [0.3, 0.4) is 0 Å². The molecular formula is C25H30ClN5O3S. The molecule has 2 heterocycles. The van der Waals surface area contributed by atoms with Gasteiger partial charge in [0.2, 0.25) is 5.03 Å². The number of nitrogens with zero attached hydrogens (tertiary/aromatic N) is 4. The van der Waals surface area contributed by atoms with E-state index in [0.717, 1.165) is 11.3 Å². The number of sulfonamides is 1. The van der Waals surface area contributed by atoms with Crippen molar-refractivity contribution in [1.29, 1.82) is 0 Å². The van der Waals surface area contributed by atoms with Gasteiger partial charge in [-0.1, -0.05) is 41.9 Å². The number of halogens is 1. The standard InChI is InChI=1S/C25H30ClN5O3S/c1-4-30-17-21(24(32)27-16-20-9-5-6-10-22(20)26)25(28-30)35(33,34)31-14-12-29(13-15-31)23-11-7-8-18(2)19(23)3/h5-11,17H,4,12-16H2,1-3H3,(H,27,32). The first-order chi connectivity index (χ1) is 16.7. The van der Waals surface area contributed by atoms with Gasteiger partial charge in [0, 0.05) is 56.2 Å². The molecule has 1 aromatic heterocycles. The number of carbonyl (C=O) groups is 1. The highest BCUT2D eigenvalue weighted by molar-refractivity contribution is 7.89. The van der Waals surface area contributed by atoms with E-state index < -0.39 is 15.9 Å². The third kappa shape index (κ3) is 5.22. The second-order valence-corrected chi connectivity index (χ2v) is 10.8. The molecule has 0 saturated carbocycles. The van der Waals surface area contributed by atoms with Crippen LogP contribution in [-0.4, -0.2) is 54.6 Å². The molecule has 0 radical (unpaired) electrons. The van der Waals surface area contributed by atoms with Crippen LogP contribution >= 0.6 is 11.6 Å². The number of nitrogens with one attached hydrogen (secondary N) is 1. The van der Waals surface area contributed by atoms with Gasteiger partial charge in [-0.25, -0.2) is 8.42 Å². The predicted molar refractivity (Wildman–Crippen MR) is 137 cm³/mol. The van der Waals surface area contributed by atoms with Crippen molar-refractivity contribution >= 4 is 33.2 Å². The van der Waals surface area contributed by atoms with Crippen LogP contribution in [0.2, 0.25) is 5.02 Å². The zero-order valence-electron chi connectivity index (χ0n) is 20.2. The molecule has 1 fully saturated rings. The molecule has 0 spiro atoms. The van der Waals surface area contributed by atoms with Crippen LogP contribution in [-0.2, 0) is 23.1 Å². The highest BCUT2D eigenvalue weighted by Crippen LogP contribution is 2.26. The molecule has 2 aromatic carbocycles. The van der Waals surface area contributed by atoms with Crippen molar-refractivity contribution in [3.8, 4) is 0 Å². The van der Waals surface area contributed by atoms with Gasteiger partial charge in [0.25, 0.3) is 15.9 Å². The Morgan fingerprint density at radius 1 is 1.06 bits per heavy atom. The summed E-state index contributed by atoms with van der Waals surface area (Å²) in [5, 5.41) is 7.36. The van der Waals surface area contributed by atoms with Crippen molar-refractivity contribution in [2.24, 2.45) is 0 Å². The fourth-order valence-electron chi connectivity index (χ4n) is 4.19. The molecule has 1 saturated heterocycles. The van der Waals surface area contributed by atoms with Crippen LogP contribution in [0.4, 0.5) is 5.69 Å². The number of aromatic nitrogens is 2. The van der Waals surface area contributed by atoms with E-state index in [-0.39, 0.29) is 17.1 Å². The average molecular weight is 516 g/mol. The van der Waals surface area contributed by atoms with Crippen molar-refractivity contribution in [2.75, 3.05) is 31.1 Å². The Morgan fingerprint density at radius 3 is 2.46 bits per heavy atom. The molecule has 0 bridgehead atoms. The second-order valence-electron chi connectivity index (χ2n) is 8.59. The number of anilines is 1. The minimum absolute atomic E-state index is 0.0378. The van der Waals surface area contributed by atoms with Gasteiger partial charge in [0.05, 0.1) is 5.56 Å². The van der Waals surface area contributed by atoms with Crippen molar-refractivity contribution in [1.82, 2.24) is 19.4 Å². The lowest BCUT2D eigenvalue weighted by Gasteiger charge is -2.36. The normalized spacial score (nSPS) is 14.8. The fourth-order valence-corrected chi connectivity index (χ4v) is 5.92. The molecule has 0 aliphatic carbocycles. The van der Waals surface area contributed by atoms with E-state index in [1.807, 2.05) is 31.2 Å². The molecule has 35 heavy (non-hydrogen) atoms. The molecule has 1 aliphatic heterocycles. The fraction of sp³-hybridized carbons (Fsp3) is 0.360. The zero-order chi connectivity index (χ0) is 25.2. The van der Waals surface area contributed by atoms with Gasteiger partial charge in [0.1, 0.15) is 0 Å². The summed E-state index contributed by atoms with van der Waals surface area (Å²) in [7, 11) is -3.95. The van der Waals surface area contributed by atoms with Crippen LogP contribution < -0.4 is 10.2 Å². The molecule has 1 amide bonds. The summed E-state index contributed by atoms with van der Waals surface area (Å²) in [6.45, 7) is 8.38. The summed E-state index contributed by atoms with van der Waals surface area (Å²) in [6.07, 6.45) is 1.49. The van der Waals surface area contributed by atoms with Crippen LogP contribution in [0.5, 0.6) is 0 Å². The predicted octanol–water partition coefficient (Wildman–Crippen LogP) is 3.61. The molecule has 4 rings (SSSR count). The molecule has 3 aromatic rings. The van der Waals surface area contributed by atoms with Crippen molar-refractivity contribution in [3.05, 3.63) is 75.9 Å². The van der Waals surface area contributed by atoms with Crippen LogP contribution in [0.25, 0.3) is 0 Å². The minimum Gasteiger partial charge on any atom is -0.369 e. The maximum Gasteiger partial charge on any atom is 0.263 e. The number of benzene rings is 2. The van der Waals surface area contributed by atoms with Gasteiger partial charge >= 0.3 is 0 Å². The summed E-state index contributed by atoms with van der Waals surface area (Å²) in [5.41, 5.74) is 4.31. The Hall–Kier alpha value is -2.88. The van der Waals surface area contributed by atoms with Gasteiger partial charge in [-0.2, -0.15) is 9.40 Å². The van der Waals surface area contributed by atoms with E-state index in [1.165, 1.54) is 26.3 Å². The van der Waals surface area contributed by atoms with Crippen LogP contribution in [0.15, 0.2) is 53.7 Å². The number of hydrogen-bond acceptors (Lipinski definition) is 5. The lowest BCUT2D eigenvalue weighted by molar-refractivity contribution is 0.0947. The molecule has 1 aliphatic rings. The second kappa shape index (κ2) is 10.4. The number of piperazine rings is 1. The van der Waals surface area contributed by atoms with Gasteiger partial charge in [-0.15, -0.1) is 0 Å². The number of carbonyl (C=O) groups excluding carboxylic acids is 1. The summed E-state index contributed by atoms with van der Waals surface area (Å²) >= 11 is 6.19. The Kier molecular flexibility index (Phi) is 7.49. The maximum absolute atomic E-state index is 13.6. The van der Waals surface area contributed by atoms with Gasteiger partial charge in [-0.3, -0.25) is 9.48 Å². The lowest BCUT2D eigenvalue weighted by atomic mass is 10.1. The topological polar surface area (TPSA) is 87.5 Å². The molecule has 10 heteroatoms. The van der Waals surface area contributed by atoms with Crippen molar-refractivity contribution in [2.45, 2.75) is 38.9 Å². The van der Waals surface area contributed by atoms with Gasteiger partial charge in [0.15, 0.2) is 0 Å². The van der Waals surface area contributed by atoms with Gasteiger partial charge in [-0.05, 0) is 49.6 Å². The first-order valence-electron chi connectivity index (χ1n) is 11.6. The van der Waals surface area contributed by atoms with E-state index in [2.05, 4.69) is 41.3 Å². The number of hydrogen-bond donors (Lipinski definition) is 1. The van der Waals surface area contributed by atoms with E-state index >= 15 is 0 Å². The smallest absolute Gasteiger partial charge is 0.263 e. The first kappa shape index (κ1) is 25.2. The first-order valence-corrected chi connectivity index (χ1v) is 13.4. The summed E-state index contributed by atoms with van der Waals surface area (Å²) < 4.78 is 30.0. The number of aryl methyl sites for hydroxylation is 2. The molecular weight excluding hydrogens is 486 g/mol. The van der Waals surface area contributed by atoms with E-state index in [1.54, 1.807) is 6.07 Å². The number of amides is 1. The molecule has 1 N–H and O–H groups in total. The van der Waals surface area contributed by atoms with Crippen molar-refractivity contribution in [3.63, 3.8) is 0 Å². The van der Waals surface area contributed by atoms with Crippen LogP contribution in [0.1, 0.15) is 34.0 Å². The Balaban J connectivity index is 1.52. The lowest BCUT2D eigenvalue weighted by Crippen LogP contribution is -2.49. The Morgan fingerprint density at radius 2 is 1.77 bits per heavy atom. The molecule has 8 nitrogen and oxygen atoms in total. The van der Waals surface area contributed by atoms with Crippen LogP contribution in [0, 0.1) is 13.8 Å². The summed E-state index contributed by atoms with van der Waals surface area (Å²) in [5.74, 6) is -0.503.